The first-order chi connectivity index (χ1) is 6.90. The second-order valence-electron chi connectivity index (χ2n) is 3.42. The topological polar surface area (TPSA) is 51.0 Å². The molecular formula is C9H15N3OS. The fourth-order valence-corrected chi connectivity index (χ4v) is 2.78. The number of nitrogens with one attached hydrogen (secondary N) is 1. The molecule has 0 saturated carbocycles. The van der Waals surface area contributed by atoms with Gasteiger partial charge in [0.05, 0.1) is 11.8 Å². The Labute approximate surface area is 87.9 Å². The van der Waals surface area contributed by atoms with Crippen LogP contribution < -0.4 is 5.32 Å². The molecule has 0 aromatic carbocycles. The Morgan fingerprint density at radius 2 is 2.43 bits per heavy atom. The van der Waals surface area contributed by atoms with Gasteiger partial charge in [-0.3, -0.25) is 0 Å². The summed E-state index contributed by atoms with van der Waals surface area (Å²) in [6, 6.07) is 0. The zero-order valence-electron chi connectivity index (χ0n) is 8.32. The Bertz CT molecular complexity index is 283. The fraction of sp³-hybridized carbons (Fsp3) is 0.778. The van der Waals surface area contributed by atoms with Crippen LogP contribution in [0.25, 0.3) is 0 Å². The van der Waals surface area contributed by atoms with Crippen LogP contribution in [0.2, 0.25) is 0 Å². The van der Waals surface area contributed by atoms with Crippen LogP contribution in [0.4, 0.5) is 0 Å². The van der Waals surface area contributed by atoms with Crippen molar-refractivity contribution in [1.29, 1.82) is 0 Å². The van der Waals surface area contributed by atoms with Crippen LogP contribution in [0.15, 0.2) is 4.42 Å². The number of thioether (sulfide) groups is 1. The highest BCUT2D eigenvalue weighted by Gasteiger charge is 2.21. The van der Waals surface area contributed by atoms with Crippen molar-refractivity contribution in [3.63, 3.8) is 0 Å². The molecule has 0 radical (unpaired) electrons. The van der Waals surface area contributed by atoms with Gasteiger partial charge in [0.25, 0.3) is 0 Å². The molecule has 14 heavy (non-hydrogen) atoms. The first kappa shape index (κ1) is 9.98. The van der Waals surface area contributed by atoms with Crippen LogP contribution in [0.1, 0.15) is 36.3 Å². The van der Waals surface area contributed by atoms with Crippen LogP contribution in [0.3, 0.4) is 0 Å². The molecule has 1 aromatic rings. The molecule has 4 nitrogen and oxygen atoms in total. The largest absolute Gasteiger partial charge is 0.423 e. The lowest BCUT2D eigenvalue weighted by Crippen LogP contribution is -2.05. The molecule has 0 spiro atoms. The molecule has 78 valence electrons. The van der Waals surface area contributed by atoms with Crippen LogP contribution in [0.5, 0.6) is 0 Å². The molecule has 5 heteroatoms. The van der Waals surface area contributed by atoms with E-state index in [4.69, 9.17) is 4.42 Å². The van der Waals surface area contributed by atoms with Crippen molar-refractivity contribution in [2.45, 2.75) is 31.1 Å². The molecule has 0 aliphatic carbocycles. The molecule has 1 saturated heterocycles. The minimum atomic E-state index is 0.432. The van der Waals surface area contributed by atoms with E-state index < -0.39 is 0 Å². The predicted octanol–water partition coefficient (Wildman–Crippen LogP) is 1.75. The van der Waals surface area contributed by atoms with Gasteiger partial charge in [-0.2, -0.15) is 0 Å². The second-order valence-corrected chi connectivity index (χ2v) is 4.73. The van der Waals surface area contributed by atoms with Gasteiger partial charge in [0.2, 0.25) is 11.8 Å². The monoisotopic (exact) mass is 213 g/mol. The highest BCUT2D eigenvalue weighted by molar-refractivity contribution is 7.99. The van der Waals surface area contributed by atoms with Crippen molar-refractivity contribution < 1.29 is 4.42 Å². The molecule has 1 N–H and O–H groups in total. The van der Waals surface area contributed by atoms with Gasteiger partial charge in [-0.1, -0.05) is 6.42 Å². The van der Waals surface area contributed by atoms with Crippen LogP contribution >= 0.6 is 11.8 Å². The highest BCUT2D eigenvalue weighted by Crippen LogP contribution is 2.37. The predicted molar refractivity (Wildman–Crippen MR) is 56.1 cm³/mol. The molecule has 1 aliphatic heterocycles. The van der Waals surface area contributed by atoms with Crippen molar-refractivity contribution >= 4 is 11.8 Å². The standard InChI is InChI=1S/C9H15N3OS/c1-10-6-8-11-12-9(13-8)7-4-2-3-5-14-7/h7,10H,2-6H2,1H3. The van der Waals surface area contributed by atoms with Gasteiger partial charge in [0, 0.05) is 0 Å². The van der Waals surface area contributed by atoms with Gasteiger partial charge in [-0.15, -0.1) is 22.0 Å². The lowest BCUT2D eigenvalue weighted by molar-refractivity contribution is 0.427. The molecule has 1 aliphatic rings. The second kappa shape index (κ2) is 4.79. The first-order valence-corrected chi connectivity index (χ1v) is 6.03. The Hall–Kier alpha value is -0.550. The molecule has 2 rings (SSSR count). The fourth-order valence-electron chi connectivity index (χ4n) is 1.55. The Kier molecular flexibility index (Phi) is 3.42. The maximum absolute atomic E-state index is 5.56. The van der Waals surface area contributed by atoms with E-state index in [1.807, 2.05) is 18.8 Å². The first-order valence-electron chi connectivity index (χ1n) is 4.98. The molecule has 1 unspecified atom stereocenters. The van der Waals surface area contributed by atoms with Gasteiger partial charge in [-0.05, 0) is 25.6 Å². The van der Waals surface area contributed by atoms with Crippen LogP contribution in [-0.4, -0.2) is 23.0 Å². The van der Waals surface area contributed by atoms with Crippen molar-refractivity contribution in [2.24, 2.45) is 0 Å². The maximum atomic E-state index is 5.56. The normalized spacial score (nSPS) is 22.5. The van der Waals surface area contributed by atoms with Gasteiger partial charge < -0.3 is 9.73 Å². The minimum Gasteiger partial charge on any atom is -0.423 e. The summed E-state index contributed by atoms with van der Waals surface area (Å²) in [7, 11) is 1.87. The minimum absolute atomic E-state index is 0.432. The lowest BCUT2D eigenvalue weighted by atomic mass is 10.2. The van der Waals surface area contributed by atoms with Crippen molar-refractivity contribution in [3.05, 3.63) is 11.8 Å². The van der Waals surface area contributed by atoms with Crippen molar-refractivity contribution in [2.75, 3.05) is 12.8 Å². The van der Waals surface area contributed by atoms with Crippen LogP contribution in [0, 0.1) is 0 Å². The SMILES string of the molecule is CNCc1nnc(C2CCCCS2)o1. The number of nitrogens with zero attached hydrogens (tertiary/aromatic N) is 2. The average molecular weight is 213 g/mol. The number of rotatable bonds is 3. The van der Waals surface area contributed by atoms with Gasteiger partial charge >= 0.3 is 0 Å². The van der Waals surface area contributed by atoms with Crippen molar-refractivity contribution in [3.8, 4) is 0 Å². The molecule has 0 bridgehead atoms. The smallest absolute Gasteiger partial charge is 0.230 e. The Morgan fingerprint density at radius 1 is 1.50 bits per heavy atom. The number of hydrogen-bond donors (Lipinski definition) is 1. The summed E-state index contributed by atoms with van der Waals surface area (Å²) in [4.78, 5) is 0. The summed E-state index contributed by atoms with van der Waals surface area (Å²) in [5.41, 5.74) is 0. The average Bonchev–Trinajstić information content (AvgIpc) is 2.68. The third-order valence-electron chi connectivity index (χ3n) is 2.27. The zero-order chi connectivity index (χ0) is 9.80. The van der Waals surface area contributed by atoms with Gasteiger partial charge in [-0.25, -0.2) is 0 Å². The van der Waals surface area contributed by atoms with Crippen LogP contribution in [-0.2, 0) is 6.54 Å². The summed E-state index contributed by atoms with van der Waals surface area (Å²) in [5.74, 6) is 2.71. The molecular weight excluding hydrogens is 198 g/mol. The summed E-state index contributed by atoms with van der Waals surface area (Å²) in [5, 5.41) is 11.5. The van der Waals surface area contributed by atoms with E-state index in [9.17, 15) is 0 Å². The van der Waals surface area contributed by atoms with Crippen molar-refractivity contribution in [1.82, 2.24) is 15.5 Å². The summed E-state index contributed by atoms with van der Waals surface area (Å²) < 4.78 is 5.56. The molecule has 0 amide bonds. The molecule has 1 fully saturated rings. The molecule has 1 aromatic heterocycles. The summed E-state index contributed by atoms with van der Waals surface area (Å²) in [6.45, 7) is 0.657. The van der Waals surface area contributed by atoms with Gasteiger partial charge in [0.1, 0.15) is 0 Å². The third-order valence-corrected chi connectivity index (χ3v) is 3.63. The Morgan fingerprint density at radius 3 is 3.14 bits per heavy atom. The summed E-state index contributed by atoms with van der Waals surface area (Å²) in [6.07, 6.45) is 3.77. The van der Waals surface area contributed by atoms with E-state index in [2.05, 4.69) is 15.5 Å². The molecule has 2 heterocycles. The van der Waals surface area contributed by atoms with Gasteiger partial charge in [0.15, 0.2) is 0 Å². The van der Waals surface area contributed by atoms with E-state index >= 15 is 0 Å². The zero-order valence-corrected chi connectivity index (χ0v) is 9.14. The molecule has 1 atom stereocenters. The number of aromatic nitrogens is 2. The maximum Gasteiger partial charge on any atom is 0.230 e. The quantitative estimate of drug-likeness (QED) is 0.829. The van der Waals surface area contributed by atoms with E-state index in [1.54, 1.807) is 0 Å². The number of hydrogen-bond acceptors (Lipinski definition) is 5. The lowest BCUT2D eigenvalue weighted by Gasteiger charge is -2.17. The highest BCUT2D eigenvalue weighted by atomic mass is 32.2. The van der Waals surface area contributed by atoms with E-state index in [1.165, 1.54) is 25.0 Å². The van der Waals surface area contributed by atoms with E-state index in [0.717, 1.165) is 5.89 Å². The summed E-state index contributed by atoms with van der Waals surface area (Å²) >= 11 is 1.93. The third kappa shape index (κ3) is 2.27. The Balaban J connectivity index is 2.00. The van der Waals surface area contributed by atoms with E-state index in [-0.39, 0.29) is 0 Å². The van der Waals surface area contributed by atoms with E-state index in [0.29, 0.717) is 17.7 Å².